The first-order chi connectivity index (χ1) is 9.92. The summed E-state index contributed by atoms with van der Waals surface area (Å²) < 4.78 is 0. The van der Waals surface area contributed by atoms with Crippen LogP contribution >= 0.6 is 11.6 Å². The molecule has 3 amide bonds. The van der Waals surface area contributed by atoms with Crippen LogP contribution in [-0.2, 0) is 4.79 Å². The normalized spacial score (nSPS) is 13.3. The maximum absolute atomic E-state index is 11.7. The van der Waals surface area contributed by atoms with Gasteiger partial charge in [-0.25, -0.2) is 4.79 Å². The van der Waals surface area contributed by atoms with Crippen LogP contribution in [0.4, 0.5) is 4.79 Å². The maximum atomic E-state index is 11.7. The number of benzene rings is 1. The highest BCUT2D eigenvalue weighted by atomic mass is 35.5. The third kappa shape index (κ3) is 6.60. The summed E-state index contributed by atoms with van der Waals surface area (Å²) in [6, 6.07) is 6.96. The van der Waals surface area contributed by atoms with E-state index >= 15 is 0 Å². The molecule has 0 radical (unpaired) electrons. The van der Waals surface area contributed by atoms with E-state index < -0.39 is 6.03 Å². The summed E-state index contributed by atoms with van der Waals surface area (Å²) in [6.45, 7) is 5.82. The van der Waals surface area contributed by atoms with Crippen molar-refractivity contribution < 1.29 is 9.59 Å². The van der Waals surface area contributed by atoms with Crippen LogP contribution in [0.2, 0.25) is 5.02 Å². The predicted molar refractivity (Wildman–Crippen MR) is 84.3 cm³/mol. The van der Waals surface area contributed by atoms with E-state index in [1.165, 1.54) is 0 Å². The first-order valence-electron chi connectivity index (χ1n) is 7.01. The summed E-state index contributed by atoms with van der Waals surface area (Å²) in [5, 5.41) is 8.66. The minimum atomic E-state index is -0.466. The minimum Gasteiger partial charge on any atom is -0.335 e. The van der Waals surface area contributed by atoms with E-state index in [0.717, 1.165) is 12.0 Å². The Hall–Kier alpha value is -1.59. The molecule has 0 unspecified atom stereocenters. The van der Waals surface area contributed by atoms with Gasteiger partial charge in [-0.15, -0.1) is 0 Å². The molecule has 116 valence electrons. The first kappa shape index (κ1) is 17.5. The average Bonchev–Trinajstić information content (AvgIpc) is 2.44. The van der Waals surface area contributed by atoms with Gasteiger partial charge in [-0.05, 0) is 38.0 Å². The molecule has 0 aliphatic carbocycles. The molecule has 21 heavy (non-hydrogen) atoms. The molecule has 0 saturated heterocycles. The molecule has 0 saturated carbocycles. The molecule has 2 atom stereocenters. The lowest BCUT2D eigenvalue weighted by molar-refractivity contribution is -0.119. The van der Waals surface area contributed by atoms with E-state index in [9.17, 15) is 9.59 Å². The summed E-state index contributed by atoms with van der Waals surface area (Å²) >= 11 is 5.92. The quantitative estimate of drug-likeness (QED) is 0.756. The number of urea groups is 1. The summed E-state index contributed by atoms with van der Waals surface area (Å²) in [5.74, 6) is -0.371. The van der Waals surface area contributed by atoms with E-state index in [1.807, 2.05) is 39.0 Å². The third-order valence-corrected chi connectivity index (χ3v) is 3.40. The second-order valence-corrected chi connectivity index (χ2v) is 5.42. The lowest BCUT2D eigenvalue weighted by Crippen LogP contribution is -2.46. The fourth-order valence-electron chi connectivity index (χ4n) is 1.67. The van der Waals surface area contributed by atoms with Crippen LogP contribution in [0.5, 0.6) is 0 Å². The number of nitrogens with one attached hydrogen (secondary N) is 3. The van der Waals surface area contributed by atoms with Crippen molar-refractivity contribution in [2.24, 2.45) is 0 Å². The molecule has 0 aliphatic heterocycles. The second kappa shape index (κ2) is 8.64. The first-order valence-corrected chi connectivity index (χ1v) is 7.39. The molecule has 5 nitrogen and oxygen atoms in total. The molecule has 0 aromatic heterocycles. The van der Waals surface area contributed by atoms with Crippen molar-refractivity contribution in [3.63, 3.8) is 0 Å². The highest BCUT2D eigenvalue weighted by Crippen LogP contribution is 2.16. The molecule has 0 fully saturated rings. The van der Waals surface area contributed by atoms with Crippen molar-refractivity contribution in [2.45, 2.75) is 39.3 Å². The topological polar surface area (TPSA) is 70.2 Å². The fourth-order valence-corrected chi connectivity index (χ4v) is 1.87. The lowest BCUT2D eigenvalue weighted by atomic mass is 10.1. The van der Waals surface area contributed by atoms with Crippen LogP contribution in [0.1, 0.15) is 38.8 Å². The van der Waals surface area contributed by atoms with E-state index in [-0.39, 0.29) is 24.5 Å². The molecule has 0 bridgehead atoms. The Balaban J connectivity index is 2.37. The Bertz CT molecular complexity index is 494. The fraction of sp³-hybridized carbons (Fsp3) is 0.467. The zero-order chi connectivity index (χ0) is 15.8. The molecule has 0 aliphatic rings. The molecular weight excluding hydrogens is 290 g/mol. The van der Waals surface area contributed by atoms with Crippen molar-refractivity contribution in [1.29, 1.82) is 0 Å². The zero-order valence-corrected chi connectivity index (χ0v) is 13.3. The molecule has 6 heteroatoms. The number of carbonyl (C=O) groups excluding carboxylic acids is 2. The van der Waals surface area contributed by atoms with Gasteiger partial charge in [0, 0.05) is 17.1 Å². The molecular formula is C15H22ClN3O2. The monoisotopic (exact) mass is 311 g/mol. The van der Waals surface area contributed by atoms with Gasteiger partial charge in [0.25, 0.3) is 0 Å². The maximum Gasteiger partial charge on any atom is 0.321 e. The Labute approximate surface area is 130 Å². The van der Waals surface area contributed by atoms with Gasteiger partial charge < -0.3 is 10.6 Å². The van der Waals surface area contributed by atoms with E-state index in [0.29, 0.717) is 5.02 Å². The number of hydrogen-bond acceptors (Lipinski definition) is 3. The number of halogens is 1. The minimum absolute atomic E-state index is 0.0351. The van der Waals surface area contributed by atoms with Crippen LogP contribution in [0, 0.1) is 0 Å². The number of carbonyl (C=O) groups is 2. The molecule has 0 spiro atoms. The largest absolute Gasteiger partial charge is 0.335 e. The summed E-state index contributed by atoms with van der Waals surface area (Å²) in [6.07, 6.45) is 0.811. The van der Waals surface area contributed by atoms with Crippen molar-refractivity contribution in [3.8, 4) is 0 Å². The van der Waals surface area contributed by atoms with Crippen molar-refractivity contribution in [1.82, 2.24) is 16.0 Å². The van der Waals surface area contributed by atoms with Gasteiger partial charge in [0.05, 0.1) is 6.54 Å². The molecule has 1 aromatic carbocycles. The molecule has 3 N–H and O–H groups in total. The summed E-state index contributed by atoms with van der Waals surface area (Å²) in [4.78, 5) is 23.2. The third-order valence-electron chi connectivity index (χ3n) is 3.16. The van der Waals surface area contributed by atoms with Crippen molar-refractivity contribution in [2.75, 3.05) is 6.54 Å². The Morgan fingerprint density at radius 2 is 2.00 bits per heavy atom. The van der Waals surface area contributed by atoms with E-state index in [1.54, 1.807) is 6.07 Å². The smallest absolute Gasteiger partial charge is 0.321 e. The Morgan fingerprint density at radius 3 is 2.62 bits per heavy atom. The molecule has 1 aromatic rings. The number of rotatable bonds is 6. The van der Waals surface area contributed by atoms with Crippen molar-refractivity contribution in [3.05, 3.63) is 34.9 Å². The summed E-state index contributed by atoms with van der Waals surface area (Å²) in [5.41, 5.74) is 0.986. The van der Waals surface area contributed by atoms with Gasteiger partial charge in [-0.1, -0.05) is 30.7 Å². The van der Waals surface area contributed by atoms with Gasteiger partial charge in [0.2, 0.25) is 5.91 Å². The lowest BCUT2D eigenvalue weighted by Gasteiger charge is -2.15. The van der Waals surface area contributed by atoms with Gasteiger partial charge >= 0.3 is 6.03 Å². The zero-order valence-electron chi connectivity index (χ0n) is 12.6. The van der Waals surface area contributed by atoms with Crippen LogP contribution in [-0.4, -0.2) is 24.5 Å². The van der Waals surface area contributed by atoms with Crippen LogP contribution in [0.15, 0.2) is 24.3 Å². The number of imide groups is 1. The van der Waals surface area contributed by atoms with E-state index in [2.05, 4.69) is 16.0 Å². The Morgan fingerprint density at radius 1 is 1.29 bits per heavy atom. The van der Waals surface area contributed by atoms with Gasteiger partial charge in [-0.2, -0.15) is 0 Å². The van der Waals surface area contributed by atoms with Gasteiger partial charge in [0.15, 0.2) is 0 Å². The highest BCUT2D eigenvalue weighted by Gasteiger charge is 2.11. The predicted octanol–water partition coefficient (Wildman–Crippen LogP) is 2.61. The number of hydrogen-bond donors (Lipinski definition) is 3. The van der Waals surface area contributed by atoms with E-state index in [4.69, 9.17) is 11.6 Å². The van der Waals surface area contributed by atoms with Gasteiger partial charge in [0.1, 0.15) is 0 Å². The second-order valence-electron chi connectivity index (χ2n) is 4.99. The van der Waals surface area contributed by atoms with Gasteiger partial charge in [-0.3, -0.25) is 10.1 Å². The van der Waals surface area contributed by atoms with Crippen LogP contribution in [0.25, 0.3) is 0 Å². The van der Waals surface area contributed by atoms with Crippen LogP contribution < -0.4 is 16.0 Å². The van der Waals surface area contributed by atoms with Crippen LogP contribution in [0.3, 0.4) is 0 Å². The summed E-state index contributed by atoms with van der Waals surface area (Å²) in [7, 11) is 0. The highest BCUT2D eigenvalue weighted by molar-refractivity contribution is 6.30. The Kier molecular flexibility index (Phi) is 7.19. The standard InChI is InChI=1S/C15H22ClN3O2/c1-4-10(2)18-15(21)19-14(20)9-17-11(3)12-6-5-7-13(16)8-12/h5-8,10-11,17H,4,9H2,1-3H3,(H2,18,19,20,21)/t10-,11-/m1/s1. The SMILES string of the molecule is CC[C@@H](C)NC(=O)NC(=O)CN[C@H](C)c1cccc(Cl)c1. The van der Waals surface area contributed by atoms with Crippen molar-refractivity contribution >= 4 is 23.5 Å². The average molecular weight is 312 g/mol. The molecule has 1 rings (SSSR count). The number of amides is 3. The molecule has 0 heterocycles.